The van der Waals surface area contributed by atoms with Gasteiger partial charge in [-0.25, -0.2) is 23.1 Å². The third kappa shape index (κ3) is 12.7. The molecule has 18 nitrogen and oxygen atoms in total. The summed E-state index contributed by atoms with van der Waals surface area (Å²) >= 11 is 1.56. The zero-order chi connectivity index (χ0) is 55.5. The van der Waals surface area contributed by atoms with E-state index in [2.05, 4.69) is 35.4 Å². The lowest BCUT2D eigenvalue weighted by molar-refractivity contribution is -0.144. The fraction of sp³-hybridized carbons (Fsp3) is 0.418. The second-order valence-corrected chi connectivity index (χ2v) is 23.5. The number of alkyl halides is 1. The molecule has 0 saturated carbocycles. The number of piperazine rings is 1. The number of aromatic amines is 1. The lowest BCUT2D eigenvalue weighted by Gasteiger charge is -2.36. The van der Waals surface area contributed by atoms with Crippen LogP contribution >= 0.6 is 11.3 Å². The average Bonchev–Trinajstić information content (AvgIpc) is 4.25. The van der Waals surface area contributed by atoms with E-state index in [0.29, 0.717) is 29.6 Å². The van der Waals surface area contributed by atoms with Gasteiger partial charge in [-0.15, -0.1) is 11.3 Å². The Morgan fingerprint density at radius 3 is 2.35 bits per heavy atom. The average molecular weight is 1110 g/mol. The van der Waals surface area contributed by atoms with Gasteiger partial charge in [-0.05, 0) is 72.2 Å². The van der Waals surface area contributed by atoms with Gasteiger partial charge in [-0.2, -0.15) is 12.7 Å². The van der Waals surface area contributed by atoms with E-state index >= 15 is 8.78 Å². The number of halogens is 3. The molecule has 78 heavy (non-hydrogen) atoms. The number of pyridine rings is 1. The van der Waals surface area contributed by atoms with Gasteiger partial charge >= 0.3 is 10.2 Å². The number of amides is 3. The van der Waals surface area contributed by atoms with Crippen molar-refractivity contribution in [2.24, 2.45) is 5.41 Å². The van der Waals surface area contributed by atoms with Crippen LogP contribution in [0.2, 0.25) is 0 Å². The van der Waals surface area contributed by atoms with Crippen molar-refractivity contribution in [3.63, 3.8) is 0 Å². The van der Waals surface area contributed by atoms with Crippen LogP contribution in [-0.2, 0) is 35.9 Å². The fourth-order valence-electron chi connectivity index (χ4n) is 10.1. The summed E-state index contributed by atoms with van der Waals surface area (Å²) < 4.78 is 79.0. The van der Waals surface area contributed by atoms with Crippen LogP contribution in [0.4, 0.5) is 24.5 Å². The van der Waals surface area contributed by atoms with Crippen molar-refractivity contribution in [3.8, 4) is 21.6 Å². The van der Waals surface area contributed by atoms with E-state index < -0.39 is 87.0 Å². The van der Waals surface area contributed by atoms with Crippen LogP contribution in [0.1, 0.15) is 67.2 Å². The van der Waals surface area contributed by atoms with E-state index in [1.54, 1.807) is 29.1 Å². The first-order chi connectivity index (χ1) is 37.2. The zero-order valence-corrected chi connectivity index (χ0v) is 45.4. The summed E-state index contributed by atoms with van der Waals surface area (Å²) in [6, 6.07) is 17.1. The Morgan fingerprint density at radius 2 is 1.67 bits per heavy atom. The van der Waals surface area contributed by atoms with Gasteiger partial charge in [0.05, 0.1) is 33.4 Å². The number of carbonyl (C=O) groups is 4. The molecule has 1 unspecified atom stereocenters. The number of β-amino-alcohol motifs (C(OH)–C–C–N with tert-alkyl or cyclic N) is 1. The monoisotopic (exact) mass is 1110 g/mol. The van der Waals surface area contributed by atoms with Crippen LogP contribution in [0.3, 0.4) is 0 Å². The number of hydrogen-bond acceptors (Lipinski definition) is 13. The SMILES string of the molecule is Cc1ncsc1-c1ccc(CNC(=O)[C@@H]2C[C@@H](O)CN2C(=O)C(NC(=O)COCCCN2CCN(c3ccc(-c4cnc5[nH]cc(C(=O)c6c(F)ccc(NS(=O)(=O)N7CC[C@@H](F)C7)c6F)c5c4)cc3)CC2)C(C)(C)C)cc1. The number of aryl methyl sites for hydroxylation is 1. The molecule has 0 aliphatic carbocycles. The Bertz CT molecular complexity index is 3270. The number of nitrogens with zero attached hydrogens (tertiary/aromatic N) is 6. The summed E-state index contributed by atoms with van der Waals surface area (Å²) in [6.45, 7) is 11.1. The Hall–Kier alpha value is -6.76. The van der Waals surface area contributed by atoms with Gasteiger partial charge < -0.3 is 35.3 Å². The van der Waals surface area contributed by atoms with Crippen molar-refractivity contribution >= 4 is 67.5 Å². The topological polar surface area (TPSA) is 222 Å². The van der Waals surface area contributed by atoms with Crippen molar-refractivity contribution in [1.29, 1.82) is 0 Å². The Morgan fingerprint density at radius 1 is 0.936 bits per heavy atom. The van der Waals surface area contributed by atoms with Crippen LogP contribution in [-0.4, -0.2) is 156 Å². The zero-order valence-electron chi connectivity index (χ0n) is 43.7. The number of nitrogens with one attached hydrogen (secondary N) is 4. The lowest BCUT2D eigenvalue weighted by atomic mass is 9.85. The quantitative estimate of drug-likeness (QED) is 0.0452. The number of aromatic nitrogens is 3. The number of aliphatic hydroxyl groups excluding tert-OH is 1. The largest absolute Gasteiger partial charge is 0.391 e. The maximum absolute atomic E-state index is 15.8. The minimum Gasteiger partial charge on any atom is -0.391 e. The predicted molar refractivity (Wildman–Crippen MR) is 291 cm³/mol. The molecule has 5 N–H and O–H groups in total. The smallest absolute Gasteiger partial charge is 0.301 e. The molecule has 9 rings (SSSR count). The molecule has 4 atom stereocenters. The highest BCUT2D eigenvalue weighted by Crippen LogP contribution is 2.33. The highest BCUT2D eigenvalue weighted by molar-refractivity contribution is 7.90. The number of carbonyl (C=O) groups excluding carboxylic acids is 4. The molecule has 6 heterocycles. The fourth-order valence-corrected chi connectivity index (χ4v) is 12.1. The molecule has 3 aromatic heterocycles. The maximum atomic E-state index is 15.8. The van der Waals surface area contributed by atoms with Gasteiger partial charge in [0, 0.05) is 107 Å². The highest BCUT2D eigenvalue weighted by Gasteiger charge is 2.44. The Balaban J connectivity index is 0.719. The second kappa shape index (κ2) is 23.7. The number of aliphatic hydroxyl groups is 1. The molecule has 3 aliphatic heterocycles. The molecule has 3 fully saturated rings. The second-order valence-electron chi connectivity index (χ2n) is 21.0. The number of ether oxygens (including phenoxy) is 1. The molecular weight excluding hydrogens is 1050 g/mol. The highest BCUT2D eigenvalue weighted by atomic mass is 32.2. The van der Waals surface area contributed by atoms with Crippen LogP contribution in [0.15, 0.2) is 84.6 Å². The molecule has 0 bridgehead atoms. The molecule has 3 saturated heterocycles. The third-order valence-corrected chi connectivity index (χ3v) is 16.9. The number of ketones is 1. The van der Waals surface area contributed by atoms with Gasteiger partial charge in [0.2, 0.25) is 23.5 Å². The first-order valence-corrected chi connectivity index (χ1v) is 28.2. The van der Waals surface area contributed by atoms with Crippen LogP contribution in [0.25, 0.3) is 32.6 Å². The number of hydrogen-bond donors (Lipinski definition) is 5. The van der Waals surface area contributed by atoms with Crippen molar-refractivity contribution in [1.82, 2.24) is 39.7 Å². The molecule has 3 aromatic carbocycles. The summed E-state index contributed by atoms with van der Waals surface area (Å²) in [7, 11) is -4.38. The van der Waals surface area contributed by atoms with E-state index in [-0.39, 0.29) is 50.6 Å². The van der Waals surface area contributed by atoms with Gasteiger partial charge in [-0.1, -0.05) is 57.2 Å². The molecular formula is C55H63F3N10O8S2. The summed E-state index contributed by atoms with van der Waals surface area (Å²) in [5, 5.41) is 16.7. The number of likely N-dealkylation sites (tertiary alicyclic amines) is 1. The van der Waals surface area contributed by atoms with Crippen LogP contribution < -0.4 is 20.3 Å². The number of fused-ring (bicyclic) bond motifs is 1. The molecule has 414 valence electrons. The summed E-state index contributed by atoms with van der Waals surface area (Å²) in [5.74, 6) is -4.91. The number of anilines is 2. The third-order valence-electron chi connectivity index (χ3n) is 14.4. The lowest BCUT2D eigenvalue weighted by Crippen LogP contribution is -2.58. The molecule has 0 radical (unpaired) electrons. The first kappa shape index (κ1) is 56.0. The maximum Gasteiger partial charge on any atom is 0.301 e. The van der Waals surface area contributed by atoms with Gasteiger partial charge in [0.25, 0.3) is 0 Å². The minimum atomic E-state index is -4.38. The van der Waals surface area contributed by atoms with Crippen molar-refractivity contribution in [2.45, 2.75) is 77.9 Å². The van der Waals surface area contributed by atoms with E-state index in [0.717, 1.165) is 82.1 Å². The van der Waals surface area contributed by atoms with E-state index in [1.807, 2.05) is 80.9 Å². The summed E-state index contributed by atoms with van der Waals surface area (Å²) in [5.41, 5.74) is 5.01. The Labute approximate surface area is 454 Å². The molecule has 6 aromatic rings. The van der Waals surface area contributed by atoms with E-state index in [1.165, 1.54) is 11.1 Å². The van der Waals surface area contributed by atoms with E-state index in [4.69, 9.17) is 4.74 Å². The first-order valence-electron chi connectivity index (χ1n) is 25.9. The van der Waals surface area contributed by atoms with Crippen molar-refractivity contribution in [3.05, 3.63) is 119 Å². The Kier molecular flexibility index (Phi) is 17.0. The van der Waals surface area contributed by atoms with Crippen LogP contribution in [0.5, 0.6) is 0 Å². The van der Waals surface area contributed by atoms with E-state index in [9.17, 15) is 37.1 Å². The standard InChI is InChI=1S/C55H63F3N10O8S2/c1-33-50(77-32-62-33)36-8-6-34(7-9-36)26-61-53(72)45-25-40(69)30-68(45)54(73)51(55(2,3)4)63-46(70)31-76-23-5-17-65-19-21-66(22-20-65)39-12-10-35(11-13-39)37-24-41-42(28-60-52(41)59-27-37)49(71)47-43(57)14-15-44(48(47)58)64-78(74,75)67-18-16-38(56)29-67/h6-15,24,27-28,32,38,40,45,51,64,69H,5,16-23,25-26,29-31H2,1-4H3,(H,59,60)(H,61,72)(H,63,70)/t38-,40-,45+,51?/m1/s1. The molecule has 3 aliphatic rings. The van der Waals surface area contributed by atoms with Crippen molar-refractivity contribution < 1.29 is 50.6 Å². The molecule has 0 spiro atoms. The summed E-state index contributed by atoms with van der Waals surface area (Å²) in [6.07, 6.45) is 1.41. The number of rotatable bonds is 19. The minimum absolute atomic E-state index is 0.00967. The van der Waals surface area contributed by atoms with Gasteiger partial charge in [-0.3, -0.25) is 28.8 Å². The summed E-state index contributed by atoms with van der Waals surface area (Å²) in [4.78, 5) is 73.2. The number of H-pyrrole nitrogens is 1. The molecule has 23 heteroatoms. The van der Waals surface area contributed by atoms with Gasteiger partial charge in [0.15, 0.2) is 5.82 Å². The number of benzene rings is 3. The number of thiazole rings is 1. The predicted octanol–water partition coefficient (Wildman–Crippen LogP) is 6.21. The van der Waals surface area contributed by atoms with Crippen molar-refractivity contribution in [2.75, 3.05) is 75.2 Å². The van der Waals surface area contributed by atoms with Gasteiger partial charge in [0.1, 0.15) is 36.3 Å². The molecule has 3 amide bonds. The normalized spacial score (nSPS) is 18.8. The van der Waals surface area contributed by atoms with Crippen LogP contribution in [0, 0.1) is 24.0 Å².